The molecule has 156 valence electrons. The van der Waals surface area contributed by atoms with Gasteiger partial charge in [0, 0.05) is 32.1 Å². The summed E-state index contributed by atoms with van der Waals surface area (Å²) in [5.41, 5.74) is 1.54. The summed E-state index contributed by atoms with van der Waals surface area (Å²) in [6.07, 6.45) is 1.42. The van der Waals surface area contributed by atoms with E-state index in [4.69, 9.17) is 4.74 Å². The Morgan fingerprint density at radius 1 is 1.21 bits per heavy atom. The topological polar surface area (TPSA) is 36.9 Å². The van der Waals surface area contributed by atoms with Crippen molar-refractivity contribution in [2.24, 2.45) is 10.9 Å². The lowest BCUT2D eigenvalue weighted by Crippen LogP contribution is -2.40. The van der Waals surface area contributed by atoms with Crippen molar-refractivity contribution < 1.29 is 13.5 Å². The van der Waals surface area contributed by atoms with Crippen LogP contribution in [-0.4, -0.2) is 43.6 Å². The van der Waals surface area contributed by atoms with E-state index < -0.39 is 5.82 Å². The molecule has 0 radical (unpaired) electrons. The Morgan fingerprint density at radius 2 is 2.03 bits per heavy atom. The molecule has 1 heterocycles. The van der Waals surface area contributed by atoms with Crippen LogP contribution in [0.4, 0.5) is 8.78 Å². The first kappa shape index (κ1) is 21.2. The number of hydrogen-bond acceptors (Lipinski definition) is 2. The Kier molecular flexibility index (Phi) is 7.99. The summed E-state index contributed by atoms with van der Waals surface area (Å²) < 4.78 is 33.0. The molecule has 1 atom stereocenters. The number of nitrogens with zero attached hydrogens (tertiary/aromatic N) is 2. The van der Waals surface area contributed by atoms with Gasteiger partial charge < -0.3 is 15.0 Å². The Balaban J connectivity index is 1.48. The minimum absolute atomic E-state index is 0.359. The number of rotatable bonds is 8. The molecule has 29 heavy (non-hydrogen) atoms. The lowest BCUT2D eigenvalue weighted by Gasteiger charge is -2.21. The second-order valence-electron chi connectivity index (χ2n) is 7.32. The maximum atomic E-state index is 13.8. The smallest absolute Gasteiger partial charge is 0.193 e. The van der Waals surface area contributed by atoms with Crippen molar-refractivity contribution in [2.45, 2.75) is 26.4 Å². The quantitative estimate of drug-likeness (QED) is 0.536. The number of ether oxygens (including phenoxy) is 1. The van der Waals surface area contributed by atoms with Gasteiger partial charge in [-0.05, 0) is 49.1 Å². The highest BCUT2D eigenvalue weighted by atomic mass is 19.1. The van der Waals surface area contributed by atoms with Crippen LogP contribution < -0.4 is 5.32 Å². The highest BCUT2D eigenvalue weighted by Gasteiger charge is 2.25. The van der Waals surface area contributed by atoms with Gasteiger partial charge in [-0.1, -0.05) is 30.3 Å². The third-order valence-corrected chi connectivity index (χ3v) is 5.04. The van der Waals surface area contributed by atoms with Crippen LogP contribution in [-0.2, 0) is 17.8 Å². The zero-order valence-electron chi connectivity index (χ0n) is 16.9. The molecule has 2 aromatic rings. The molecule has 1 aliphatic rings. The van der Waals surface area contributed by atoms with Crippen molar-refractivity contribution in [1.29, 1.82) is 0 Å². The fraction of sp³-hybridized carbons (Fsp3) is 0.435. The molecule has 1 N–H and O–H groups in total. The van der Waals surface area contributed by atoms with Gasteiger partial charge in [-0.3, -0.25) is 4.99 Å². The zero-order valence-corrected chi connectivity index (χ0v) is 16.9. The summed E-state index contributed by atoms with van der Waals surface area (Å²) in [6.45, 7) is 6.35. The average Bonchev–Trinajstić information content (AvgIpc) is 3.19. The third-order valence-electron chi connectivity index (χ3n) is 5.04. The summed E-state index contributed by atoms with van der Waals surface area (Å²) in [6, 6.07) is 13.7. The molecular weight excluding hydrogens is 372 g/mol. The lowest BCUT2D eigenvalue weighted by molar-refractivity contribution is 0.0907. The zero-order chi connectivity index (χ0) is 20.5. The minimum atomic E-state index is -0.421. The molecule has 0 saturated carbocycles. The van der Waals surface area contributed by atoms with Gasteiger partial charge >= 0.3 is 0 Å². The molecule has 0 aliphatic carbocycles. The number of hydrogen-bond donors (Lipinski definition) is 1. The van der Waals surface area contributed by atoms with Crippen LogP contribution in [0.15, 0.2) is 53.5 Å². The van der Waals surface area contributed by atoms with E-state index in [-0.39, 0.29) is 5.82 Å². The van der Waals surface area contributed by atoms with Gasteiger partial charge in [-0.25, -0.2) is 8.78 Å². The molecule has 0 bridgehead atoms. The first-order valence-corrected chi connectivity index (χ1v) is 10.2. The van der Waals surface area contributed by atoms with Crippen molar-refractivity contribution in [3.05, 3.63) is 71.3 Å². The Labute approximate surface area is 171 Å². The number of benzene rings is 2. The van der Waals surface area contributed by atoms with Crippen LogP contribution >= 0.6 is 0 Å². The maximum absolute atomic E-state index is 13.8. The van der Waals surface area contributed by atoms with E-state index in [2.05, 4.69) is 27.3 Å². The van der Waals surface area contributed by atoms with E-state index in [0.29, 0.717) is 31.1 Å². The van der Waals surface area contributed by atoms with E-state index in [9.17, 15) is 8.78 Å². The molecule has 3 rings (SSSR count). The van der Waals surface area contributed by atoms with Crippen molar-refractivity contribution in [2.75, 3.05) is 32.8 Å². The standard InChI is InChI=1S/C23H29F2N3O/c1-2-26-23(27-12-10-20-14-21(24)8-9-22(20)25)28-13-11-19(15-28)17-29-16-18-6-4-3-5-7-18/h3-9,14,19H,2,10-13,15-17H2,1H3,(H,26,27). The van der Waals surface area contributed by atoms with Gasteiger partial charge in [0.05, 0.1) is 13.2 Å². The monoisotopic (exact) mass is 401 g/mol. The van der Waals surface area contributed by atoms with E-state index in [1.807, 2.05) is 25.1 Å². The van der Waals surface area contributed by atoms with Crippen LogP contribution in [0, 0.1) is 17.6 Å². The highest BCUT2D eigenvalue weighted by molar-refractivity contribution is 5.80. The minimum Gasteiger partial charge on any atom is -0.376 e. The Morgan fingerprint density at radius 3 is 2.83 bits per heavy atom. The summed E-state index contributed by atoms with van der Waals surface area (Å²) in [7, 11) is 0. The summed E-state index contributed by atoms with van der Waals surface area (Å²) in [5.74, 6) is 0.483. The van der Waals surface area contributed by atoms with Gasteiger partial charge in [-0.15, -0.1) is 0 Å². The van der Waals surface area contributed by atoms with E-state index >= 15 is 0 Å². The van der Waals surface area contributed by atoms with E-state index in [1.165, 1.54) is 17.7 Å². The summed E-state index contributed by atoms with van der Waals surface area (Å²) in [5, 5.41) is 3.31. The molecule has 0 spiro atoms. The first-order chi connectivity index (χ1) is 14.2. The maximum Gasteiger partial charge on any atom is 0.193 e. The van der Waals surface area contributed by atoms with Gasteiger partial charge in [-0.2, -0.15) is 0 Å². The van der Waals surface area contributed by atoms with Gasteiger partial charge in [0.15, 0.2) is 5.96 Å². The highest BCUT2D eigenvalue weighted by Crippen LogP contribution is 2.18. The summed E-state index contributed by atoms with van der Waals surface area (Å²) >= 11 is 0. The predicted molar refractivity (Wildman–Crippen MR) is 112 cm³/mol. The number of guanidine groups is 1. The molecule has 1 fully saturated rings. The normalized spacial score (nSPS) is 17.0. The average molecular weight is 402 g/mol. The molecule has 1 aliphatic heterocycles. The van der Waals surface area contributed by atoms with Crippen LogP contribution in [0.2, 0.25) is 0 Å². The van der Waals surface area contributed by atoms with Gasteiger partial charge in [0.25, 0.3) is 0 Å². The van der Waals surface area contributed by atoms with Crippen molar-refractivity contribution >= 4 is 5.96 Å². The largest absolute Gasteiger partial charge is 0.376 e. The van der Waals surface area contributed by atoms with Crippen LogP contribution in [0.1, 0.15) is 24.5 Å². The fourth-order valence-electron chi connectivity index (χ4n) is 3.52. The second-order valence-corrected chi connectivity index (χ2v) is 7.32. The molecule has 0 aromatic heterocycles. The molecule has 4 nitrogen and oxygen atoms in total. The molecule has 1 unspecified atom stereocenters. The number of aliphatic imine (C=N–C) groups is 1. The molecule has 1 saturated heterocycles. The predicted octanol–water partition coefficient (Wildman–Crippen LogP) is 4.01. The van der Waals surface area contributed by atoms with E-state index in [0.717, 1.165) is 44.7 Å². The number of nitrogens with one attached hydrogen (secondary N) is 1. The van der Waals surface area contributed by atoms with Gasteiger partial charge in [0.1, 0.15) is 11.6 Å². The third kappa shape index (κ3) is 6.53. The molecular formula is C23H29F2N3O. The second kappa shape index (κ2) is 10.9. The van der Waals surface area contributed by atoms with Crippen molar-refractivity contribution in [3.8, 4) is 0 Å². The van der Waals surface area contributed by atoms with Crippen LogP contribution in [0.5, 0.6) is 0 Å². The van der Waals surface area contributed by atoms with Crippen molar-refractivity contribution in [3.63, 3.8) is 0 Å². The van der Waals surface area contributed by atoms with Gasteiger partial charge in [0.2, 0.25) is 0 Å². The van der Waals surface area contributed by atoms with Crippen molar-refractivity contribution in [1.82, 2.24) is 10.2 Å². The lowest BCUT2D eigenvalue weighted by atomic mass is 10.1. The first-order valence-electron chi connectivity index (χ1n) is 10.2. The Hall–Kier alpha value is -2.47. The molecule has 0 amide bonds. The number of likely N-dealkylation sites (tertiary alicyclic amines) is 1. The fourth-order valence-corrected chi connectivity index (χ4v) is 3.52. The molecule has 2 aromatic carbocycles. The van der Waals surface area contributed by atoms with Crippen LogP contribution in [0.3, 0.4) is 0 Å². The van der Waals surface area contributed by atoms with E-state index in [1.54, 1.807) is 0 Å². The SMILES string of the molecule is CCNC(=NCCc1cc(F)ccc1F)N1CCC(COCc2ccccc2)C1. The number of halogens is 2. The molecule has 6 heteroatoms. The van der Waals surface area contributed by atoms with Crippen LogP contribution in [0.25, 0.3) is 0 Å². The Bertz CT molecular complexity index is 798. The summed E-state index contributed by atoms with van der Waals surface area (Å²) in [4.78, 5) is 6.85.